The molecule has 1 aliphatic heterocycles. The first kappa shape index (κ1) is 23.4. The number of rotatable bonds is 7. The van der Waals surface area contributed by atoms with Crippen LogP contribution in [0.25, 0.3) is 0 Å². The lowest BCUT2D eigenvalue weighted by Crippen LogP contribution is -2.46. The molecule has 0 saturated carbocycles. The summed E-state index contributed by atoms with van der Waals surface area (Å²) in [6, 6.07) is 8.22. The van der Waals surface area contributed by atoms with Crippen LogP contribution in [0, 0.1) is 6.92 Å². The molecule has 0 aliphatic carbocycles. The van der Waals surface area contributed by atoms with Crippen molar-refractivity contribution < 1.29 is 32.9 Å². The Morgan fingerprint density at radius 3 is 2.41 bits per heavy atom. The molecule has 11 heteroatoms. The molecule has 34 heavy (non-hydrogen) atoms. The van der Waals surface area contributed by atoms with Crippen LogP contribution in [-0.2, 0) is 0 Å². The second-order valence-corrected chi connectivity index (χ2v) is 13.2. The second-order valence-electron chi connectivity index (χ2n) is 8.37. The van der Waals surface area contributed by atoms with Gasteiger partial charge in [0.15, 0.2) is 11.4 Å². The van der Waals surface area contributed by atoms with E-state index in [4.69, 9.17) is 28.1 Å². The van der Waals surface area contributed by atoms with E-state index in [1.807, 2.05) is 19.1 Å². The predicted molar refractivity (Wildman–Crippen MR) is 127 cm³/mol. The zero-order valence-corrected chi connectivity index (χ0v) is 21.0. The molecule has 3 heterocycles. The van der Waals surface area contributed by atoms with Gasteiger partial charge in [-0.15, -0.1) is 0 Å². The van der Waals surface area contributed by atoms with E-state index in [1.165, 1.54) is 32.6 Å². The van der Waals surface area contributed by atoms with E-state index in [0.717, 1.165) is 24.0 Å². The lowest BCUT2D eigenvalue weighted by molar-refractivity contribution is 0.0990. The van der Waals surface area contributed by atoms with Gasteiger partial charge >= 0.3 is 6.01 Å². The van der Waals surface area contributed by atoms with Crippen LogP contribution < -0.4 is 34.2 Å². The number of methoxy groups -OCH3 is 3. The standard InChI is InChI=1S/C23H27N3O7Si/c1-13-11-16-17(34(5,6)10-9-31-16)12-15(13)33-18-8-7-14(32-18)20(27)24-19-21(28-2)25-23(30-4)26-22(19)29-3/h7-8,11-12H,9-10H2,1-6H3,(H,24,27). The Kier molecular flexibility index (Phi) is 6.38. The number of fused-ring (bicyclic) bond motifs is 1. The summed E-state index contributed by atoms with van der Waals surface area (Å²) in [5.74, 6) is 1.43. The highest BCUT2D eigenvalue weighted by molar-refractivity contribution is 6.90. The fourth-order valence-electron chi connectivity index (χ4n) is 3.65. The number of aryl methyl sites for hydroxylation is 1. The van der Waals surface area contributed by atoms with Crippen molar-refractivity contribution in [1.29, 1.82) is 0 Å². The Morgan fingerprint density at radius 1 is 1.06 bits per heavy atom. The van der Waals surface area contributed by atoms with Gasteiger partial charge < -0.3 is 33.4 Å². The third kappa shape index (κ3) is 4.51. The van der Waals surface area contributed by atoms with Crippen LogP contribution in [0.4, 0.5) is 5.69 Å². The van der Waals surface area contributed by atoms with Crippen molar-refractivity contribution in [1.82, 2.24) is 9.97 Å². The second kappa shape index (κ2) is 9.25. The van der Waals surface area contributed by atoms with Crippen molar-refractivity contribution in [2.24, 2.45) is 0 Å². The van der Waals surface area contributed by atoms with E-state index in [1.54, 1.807) is 6.07 Å². The van der Waals surface area contributed by atoms with Crippen LogP contribution in [0.1, 0.15) is 16.1 Å². The van der Waals surface area contributed by atoms with Crippen LogP contribution in [0.5, 0.6) is 35.2 Å². The minimum atomic E-state index is -1.61. The predicted octanol–water partition coefficient (Wildman–Crippen LogP) is 3.76. The normalized spacial score (nSPS) is 13.9. The average Bonchev–Trinajstić information content (AvgIpc) is 3.28. The Morgan fingerprint density at radius 2 is 1.76 bits per heavy atom. The highest BCUT2D eigenvalue weighted by Gasteiger charge is 2.32. The topological polar surface area (TPSA) is 114 Å². The third-order valence-corrected chi connectivity index (χ3v) is 8.94. The maximum absolute atomic E-state index is 12.8. The van der Waals surface area contributed by atoms with Crippen molar-refractivity contribution in [2.45, 2.75) is 26.1 Å². The number of anilines is 1. The molecule has 3 aromatic rings. The Bertz CT molecular complexity index is 1200. The number of carbonyl (C=O) groups excluding carboxylic acids is 1. The molecule has 0 radical (unpaired) electrons. The van der Waals surface area contributed by atoms with Crippen molar-refractivity contribution in [3.8, 4) is 35.2 Å². The summed E-state index contributed by atoms with van der Waals surface area (Å²) in [7, 11) is 2.62. The molecule has 0 atom stereocenters. The minimum Gasteiger partial charge on any atom is -0.494 e. The number of ether oxygens (including phenoxy) is 5. The summed E-state index contributed by atoms with van der Waals surface area (Å²) in [6.07, 6.45) is 0. The van der Waals surface area contributed by atoms with E-state index >= 15 is 0 Å². The number of carbonyl (C=O) groups is 1. The molecule has 0 fully saturated rings. The average molecular weight is 486 g/mol. The number of hydrogen-bond donors (Lipinski definition) is 1. The summed E-state index contributed by atoms with van der Waals surface area (Å²) in [5.41, 5.74) is 1.06. The molecule has 1 N–H and O–H groups in total. The van der Waals surface area contributed by atoms with Gasteiger partial charge in [0, 0.05) is 6.07 Å². The smallest absolute Gasteiger partial charge is 0.322 e. The van der Waals surface area contributed by atoms with Gasteiger partial charge in [-0.2, -0.15) is 9.97 Å². The molecule has 0 bridgehead atoms. The lowest BCUT2D eigenvalue weighted by Gasteiger charge is -2.31. The van der Waals surface area contributed by atoms with E-state index in [9.17, 15) is 4.79 Å². The maximum atomic E-state index is 12.8. The van der Waals surface area contributed by atoms with Gasteiger partial charge in [-0.3, -0.25) is 4.79 Å². The number of hydrogen-bond acceptors (Lipinski definition) is 9. The number of nitrogens with zero attached hydrogens (tertiary/aromatic N) is 2. The summed E-state index contributed by atoms with van der Waals surface area (Å²) in [4.78, 5) is 21.0. The van der Waals surface area contributed by atoms with Gasteiger partial charge in [-0.05, 0) is 41.9 Å². The first-order chi connectivity index (χ1) is 16.2. The highest BCUT2D eigenvalue weighted by atomic mass is 28.3. The maximum Gasteiger partial charge on any atom is 0.322 e. The number of aromatic nitrogens is 2. The number of amides is 1. The van der Waals surface area contributed by atoms with E-state index in [2.05, 4.69) is 28.4 Å². The molecule has 1 aliphatic rings. The number of furan rings is 1. The molecule has 2 aromatic heterocycles. The Labute approximate surface area is 198 Å². The summed E-state index contributed by atoms with van der Waals surface area (Å²) < 4.78 is 33.0. The molecule has 0 unspecified atom stereocenters. The van der Waals surface area contributed by atoms with Gasteiger partial charge in [0.05, 0.1) is 36.0 Å². The fourth-order valence-corrected chi connectivity index (χ4v) is 5.86. The molecular formula is C23H27N3O7Si. The molecule has 4 rings (SSSR count). The first-order valence-corrected chi connectivity index (χ1v) is 13.9. The summed E-state index contributed by atoms with van der Waals surface area (Å²) in [6.45, 7) is 7.32. The Hall–Kier alpha value is -3.73. The largest absolute Gasteiger partial charge is 0.494 e. The SMILES string of the molecule is COc1nc(OC)c(NC(=O)c2ccc(Oc3cc4c(cc3C)OCC[Si]4(C)C)o2)c(OC)n1. The molecule has 1 amide bonds. The van der Waals surface area contributed by atoms with E-state index < -0.39 is 14.0 Å². The quantitative estimate of drug-likeness (QED) is 0.500. The third-order valence-electron chi connectivity index (χ3n) is 5.64. The number of nitrogens with one attached hydrogen (secondary N) is 1. The highest BCUT2D eigenvalue weighted by Crippen LogP contribution is 2.35. The molecule has 1 aromatic carbocycles. The van der Waals surface area contributed by atoms with Gasteiger partial charge in [0.2, 0.25) is 11.8 Å². The van der Waals surface area contributed by atoms with Crippen molar-refractivity contribution in [2.75, 3.05) is 33.3 Å². The van der Waals surface area contributed by atoms with Gasteiger partial charge in [0.1, 0.15) is 11.5 Å². The van der Waals surface area contributed by atoms with Crippen LogP contribution >= 0.6 is 0 Å². The number of benzene rings is 1. The summed E-state index contributed by atoms with van der Waals surface area (Å²) >= 11 is 0. The van der Waals surface area contributed by atoms with Gasteiger partial charge in [-0.1, -0.05) is 13.1 Å². The minimum absolute atomic E-state index is 0.0311. The van der Waals surface area contributed by atoms with Crippen molar-refractivity contribution in [3.63, 3.8) is 0 Å². The van der Waals surface area contributed by atoms with Crippen molar-refractivity contribution >= 4 is 24.9 Å². The van der Waals surface area contributed by atoms with Gasteiger partial charge in [0.25, 0.3) is 11.9 Å². The van der Waals surface area contributed by atoms with Crippen molar-refractivity contribution in [3.05, 3.63) is 35.6 Å². The van der Waals surface area contributed by atoms with Gasteiger partial charge in [-0.25, -0.2) is 0 Å². The van der Waals surface area contributed by atoms with Crippen LogP contribution in [0.15, 0.2) is 28.7 Å². The molecule has 0 spiro atoms. The van der Waals surface area contributed by atoms with E-state index in [-0.39, 0.29) is 35.2 Å². The molecular weight excluding hydrogens is 458 g/mol. The molecule has 180 valence electrons. The lowest BCUT2D eigenvalue weighted by atomic mass is 10.2. The Balaban J connectivity index is 1.56. The monoisotopic (exact) mass is 485 g/mol. The zero-order valence-electron chi connectivity index (χ0n) is 20.0. The summed E-state index contributed by atoms with van der Waals surface area (Å²) in [5, 5.41) is 3.87. The molecule has 10 nitrogen and oxygen atoms in total. The van der Waals surface area contributed by atoms with E-state index in [0.29, 0.717) is 5.75 Å². The first-order valence-electron chi connectivity index (χ1n) is 10.7. The van der Waals surface area contributed by atoms with Crippen LogP contribution in [0.2, 0.25) is 19.1 Å². The zero-order chi connectivity index (χ0) is 24.5. The molecule has 0 saturated heterocycles. The van der Waals surface area contributed by atoms with Crippen LogP contribution in [-0.4, -0.2) is 51.9 Å². The fraction of sp³-hybridized carbons (Fsp3) is 0.348. The van der Waals surface area contributed by atoms with Crippen LogP contribution in [0.3, 0.4) is 0 Å².